The third kappa shape index (κ3) is 4.02. The summed E-state index contributed by atoms with van der Waals surface area (Å²) in [6.45, 7) is 1.97. The van der Waals surface area contributed by atoms with E-state index >= 15 is 0 Å². The van der Waals surface area contributed by atoms with Crippen LogP contribution in [0.2, 0.25) is 0 Å². The predicted molar refractivity (Wildman–Crippen MR) is 93.1 cm³/mol. The number of benzene rings is 3. The first-order chi connectivity index (χ1) is 11.1. The van der Waals surface area contributed by atoms with Gasteiger partial charge in [-0.15, -0.1) is 0 Å². The van der Waals surface area contributed by atoms with Crippen LogP contribution in [0.3, 0.4) is 0 Å². The van der Waals surface area contributed by atoms with Crippen LogP contribution in [0.5, 0.6) is 17.2 Å². The summed E-state index contributed by atoms with van der Waals surface area (Å²) in [4.78, 5) is 0. The highest BCUT2D eigenvalue weighted by Gasteiger charge is 2.23. The van der Waals surface area contributed by atoms with Gasteiger partial charge in [-0.2, -0.15) is 0 Å². The minimum atomic E-state index is -0.641. The summed E-state index contributed by atoms with van der Waals surface area (Å²) in [5, 5.41) is -0.641. The van der Waals surface area contributed by atoms with E-state index in [2.05, 4.69) is 10.2 Å². The normalized spacial score (nSPS) is 13.1. The van der Waals surface area contributed by atoms with Crippen molar-refractivity contribution in [2.24, 2.45) is 0 Å². The maximum Gasteiger partial charge on any atom is 0.127 e. The summed E-state index contributed by atoms with van der Waals surface area (Å²) in [6.07, 6.45) is 0. The molecule has 0 saturated carbocycles. The largest absolute Gasteiger partial charge is 0.488 e. The number of hydrogen-bond acceptors (Lipinski definition) is 2. The molecule has 113 valence electrons. The molecule has 0 amide bonds. The van der Waals surface area contributed by atoms with Gasteiger partial charge >= 0.3 is 0 Å². The number of rotatable bonds is 5. The first-order valence-corrected chi connectivity index (χ1v) is 7.96. The van der Waals surface area contributed by atoms with Gasteiger partial charge in [-0.1, -0.05) is 48.5 Å². The van der Waals surface area contributed by atoms with Crippen molar-refractivity contribution in [1.29, 1.82) is 0 Å². The molecule has 0 heterocycles. The van der Waals surface area contributed by atoms with E-state index in [1.54, 1.807) is 0 Å². The van der Waals surface area contributed by atoms with Gasteiger partial charge in [0.25, 0.3) is 0 Å². The van der Waals surface area contributed by atoms with Crippen molar-refractivity contribution in [3.05, 3.63) is 90.5 Å². The lowest BCUT2D eigenvalue weighted by atomic mass is 10.1. The molecule has 1 unspecified atom stereocenters. The van der Waals surface area contributed by atoms with Crippen LogP contribution in [0, 0.1) is 0 Å². The summed E-state index contributed by atoms with van der Waals surface area (Å²) in [6, 6.07) is 27.3. The molecular formula is C20H17O2Si. The summed E-state index contributed by atoms with van der Waals surface area (Å²) < 4.78 is 11.9. The third-order valence-electron chi connectivity index (χ3n) is 3.43. The Labute approximate surface area is 140 Å². The molecular weight excluding hydrogens is 300 g/mol. The molecule has 3 aromatic rings. The zero-order valence-electron chi connectivity index (χ0n) is 12.9. The number of ether oxygens (including phenoxy) is 2. The van der Waals surface area contributed by atoms with E-state index in [1.807, 2.05) is 91.9 Å². The van der Waals surface area contributed by atoms with E-state index < -0.39 is 5.22 Å². The van der Waals surface area contributed by atoms with Crippen molar-refractivity contribution in [2.75, 3.05) is 0 Å². The standard InChI is InChI=1S/C20H17O2Si/c1-20(23,22-18-12-6-3-7-13-18)16-9-8-14-19(15-16)21-17-10-4-2-5-11-17/h2-15H,1H3. The van der Waals surface area contributed by atoms with Crippen LogP contribution in [0.15, 0.2) is 84.9 Å². The van der Waals surface area contributed by atoms with Crippen LogP contribution in [-0.4, -0.2) is 10.2 Å². The summed E-state index contributed by atoms with van der Waals surface area (Å²) in [7, 11) is 3.73. The van der Waals surface area contributed by atoms with Crippen LogP contribution in [0.25, 0.3) is 0 Å². The third-order valence-corrected chi connectivity index (χ3v) is 3.82. The van der Waals surface area contributed by atoms with Gasteiger partial charge < -0.3 is 9.47 Å². The Kier molecular flexibility index (Phi) is 4.49. The monoisotopic (exact) mass is 317 g/mol. The molecule has 3 heteroatoms. The zero-order valence-corrected chi connectivity index (χ0v) is 13.9. The predicted octanol–water partition coefficient (Wildman–Crippen LogP) is 4.90. The molecule has 0 fully saturated rings. The van der Waals surface area contributed by atoms with E-state index in [1.165, 1.54) is 0 Å². The van der Waals surface area contributed by atoms with Crippen LogP contribution in [0.1, 0.15) is 12.5 Å². The van der Waals surface area contributed by atoms with Gasteiger partial charge in [-0.3, -0.25) is 0 Å². The average molecular weight is 317 g/mol. The highest BCUT2D eigenvalue weighted by atomic mass is 28.1. The molecule has 3 rings (SSSR count). The van der Waals surface area contributed by atoms with Crippen molar-refractivity contribution in [1.82, 2.24) is 0 Å². The second kappa shape index (κ2) is 6.71. The molecule has 0 aromatic heterocycles. The van der Waals surface area contributed by atoms with Gasteiger partial charge in [0.1, 0.15) is 22.5 Å². The van der Waals surface area contributed by atoms with Crippen LogP contribution in [-0.2, 0) is 5.22 Å². The Morgan fingerprint density at radius 2 is 1.26 bits per heavy atom. The molecule has 3 aromatic carbocycles. The molecule has 23 heavy (non-hydrogen) atoms. The lowest BCUT2D eigenvalue weighted by Crippen LogP contribution is -2.29. The highest BCUT2D eigenvalue weighted by molar-refractivity contribution is 6.14. The lowest BCUT2D eigenvalue weighted by Gasteiger charge is -2.27. The molecule has 1 atom stereocenters. The van der Waals surface area contributed by atoms with Gasteiger partial charge in [0.2, 0.25) is 0 Å². The molecule has 0 aliphatic rings. The van der Waals surface area contributed by atoms with Crippen molar-refractivity contribution in [2.45, 2.75) is 12.1 Å². The zero-order chi connectivity index (χ0) is 16.1. The van der Waals surface area contributed by atoms with Crippen molar-refractivity contribution in [3.63, 3.8) is 0 Å². The van der Waals surface area contributed by atoms with Crippen LogP contribution in [0.4, 0.5) is 0 Å². The molecule has 0 aliphatic heterocycles. The molecule has 0 saturated heterocycles. The molecule has 3 radical (unpaired) electrons. The summed E-state index contributed by atoms with van der Waals surface area (Å²) in [5.74, 6) is 2.39. The fourth-order valence-corrected chi connectivity index (χ4v) is 2.54. The van der Waals surface area contributed by atoms with E-state index in [-0.39, 0.29) is 0 Å². The molecule has 0 aliphatic carbocycles. The second-order valence-corrected chi connectivity index (χ2v) is 6.35. The maximum absolute atomic E-state index is 6.05. The molecule has 0 spiro atoms. The van der Waals surface area contributed by atoms with Crippen molar-refractivity contribution >= 4 is 10.2 Å². The summed E-state index contributed by atoms with van der Waals surface area (Å²) >= 11 is 0. The van der Waals surface area contributed by atoms with Gasteiger partial charge in [0, 0.05) is 0 Å². The van der Waals surface area contributed by atoms with Crippen molar-refractivity contribution in [3.8, 4) is 17.2 Å². The Hall–Kier alpha value is -2.52. The van der Waals surface area contributed by atoms with E-state index in [9.17, 15) is 0 Å². The van der Waals surface area contributed by atoms with Gasteiger partial charge in [0.05, 0.1) is 10.2 Å². The van der Waals surface area contributed by atoms with Gasteiger partial charge in [-0.05, 0) is 48.9 Å². The van der Waals surface area contributed by atoms with Crippen molar-refractivity contribution < 1.29 is 9.47 Å². The molecule has 0 N–H and O–H groups in total. The molecule has 2 nitrogen and oxygen atoms in total. The van der Waals surface area contributed by atoms with Gasteiger partial charge in [-0.25, -0.2) is 0 Å². The Bertz CT molecular complexity index is 755. The smallest absolute Gasteiger partial charge is 0.127 e. The second-order valence-electron chi connectivity index (χ2n) is 5.39. The quantitative estimate of drug-likeness (QED) is 0.623. The van der Waals surface area contributed by atoms with Gasteiger partial charge in [0.15, 0.2) is 0 Å². The Balaban J connectivity index is 1.81. The average Bonchev–Trinajstić information content (AvgIpc) is 2.57. The maximum atomic E-state index is 6.05. The van der Waals surface area contributed by atoms with E-state index in [4.69, 9.17) is 9.47 Å². The fourth-order valence-electron chi connectivity index (χ4n) is 2.26. The number of hydrogen-bond donors (Lipinski definition) is 0. The van der Waals surface area contributed by atoms with Crippen LogP contribution < -0.4 is 9.47 Å². The fraction of sp³-hybridized carbons (Fsp3) is 0.100. The minimum absolute atomic E-state index is 0.641. The van der Waals surface area contributed by atoms with E-state index in [0.29, 0.717) is 0 Å². The SMILES string of the molecule is CC([Si])(Oc1ccccc1)c1cccc(Oc2ccccc2)c1. The topological polar surface area (TPSA) is 18.5 Å². The molecule has 0 bridgehead atoms. The lowest BCUT2D eigenvalue weighted by molar-refractivity contribution is 0.178. The minimum Gasteiger partial charge on any atom is -0.488 e. The first-order valence-electron chi connectivity index (χ1n) is 7.46. The van der Waals surface area contributed by atoms with E-state index in [0.717, 1.165) is 22.8 Å². The first kappa shape index (κ1) is 15.4. The Morgan fingerprint density at radius 1 is 0.696 bits per heavy atom. The van der Waals surface area contributed by atoms with Crippen LogP contribution >= 0.6 is 0 Å². The highest BCUT2D eigenvalue weighted by Crippen LogP contribution is 2.29. The summed E-state index contributed by atoms with van der Waals surface area (Å²) in [5.41, 5.74) is 0.978. The Morgan fingerprint density at radius 3 is 1.91 bits per heavy atom. The number of para-hydroxylation sites is 2.